The van der Waals surface area contributed by atoms with Crippen molar-refractivity contribution < 1.29 is 4.79 Å². The Hall–Kier alpha value is -2.72. The zero-order valence-electron chi connectivity index (χ0n) is 16.0. The second kappa shape index (κ2) is 7.49. The molecule has 0 atom stereocenters. The van der Waals surface area contributed by atoms with Gasteiger partial charge in [-0.1, -0.05) is 44.2 Å². The Morgan fingerprint density at radius 3 is 2.63 bits per heavy atom. The number of amides is 1. The number of carbonyl (C=O) groups excluding carboxylic acids is 1. The third-order valence-corrected chi connectivity index (χ3v) is 5.42. The van der Waals surface area contributed by atoms with E-state index >= 15 is 0 Å². The Morgan fingerprint density at radius 1 is 1.11 bits per heavy atom. The molecule has 4 heteroatoms. The number of pyridine rings is 1. The Bertz CT molecular complexity index is 979. The number of para-hydroxylation sites is 1. The lowest BCUT2D eigenvalue weighted by Gasteiger charge is -2.29. The van der Waals surface area contributed by atoms with Crippen LogP contribution in [0.2, 0.25) is 0 Å². The van der Waals surface area contributed by atoms with E-state index in [1.807, 2.05) is 36.4 Å². The highest BCUT2D eigenvalue weighted by molar-refractivity contribution is 6.13. The standard InChI is InChI=1S/C23H25N3O/c1-3-16-9-11-17(12-10-16)24-23(27)22-18-7-5-6-8-20(18)25-21-13-14-26(4-2)15-19(21)22/h5-12H,3-4,13-15H2,1-2H3,(H,24,27). The SMILES string of the molecule is CCc1ccc(NC(=O)c2c3c(nc4ccccc24)CCN(CC)C3)cc1. The first-order chi connectivity index (χ1) is 13.2. The van der Waals surface area contributed by atoms with Gasteiger partial charge in [-0.05, 0) is 36.7 Å². The molecule has 0 bridgehead atoms. The fraction of sp³-hybridized carbons (Fsp3) is 0.304. The third kappa shape index (κ3) is 3.45. The summed E-state index contributed by atoms with van der Waals surface area (Å²) in [5.74, 6) is -0.0490. The number of aryl methyl sites for hydroxylation is 1. The largest absolute Gasteiger partial charge is 0.322 e. The molecule has 1 aliphatic rings. The molecule has 2 heterocycles. The van der Waals surface area contributed by atoms with E-state index < -0.39 is 0 Å². The van der Waals surface area contributed by atoms with Crippen LogP contribution in [-0.4, -0.2) is 28.9 Å². The van der Waals surface area contributed by atoms with Crippen molar-refractivity contribution in [2.75, 3.05) is 18.4 Å². The summed E-state index contributed by atoms with van der Waals surface area (Å²) in [6.45, 7) is 7.04. The lowest BCUT2D eigenvalue weighted by Crippen LogP contribution is -2.33. The molecule has 0 fully saturated rings. The number of hydrogen-bond acceptors (Lipinski definition) is 3. The number of aromatic nitrogens is 1. The number of carbonyl (C=O) groups is 1. The van der Waals surface area contributed by atoms with E-state index in [0.717, 1.165) is 65.9 Å². The van der Waals surface area contributed by atoms with Crippen LogP contribution in [0.15, 0.2) is 48.5 Å². The highest BCUT2D eigenvalue weighted by Crippen LogP contribution is 2.29. The van der Waals surface area contributed by atoms with E-state index in [4.69, 9.17) is 4.98 Å². The second-order valence-electron chi connectivity index (χ2n) is 7.05. The van der Waals surface area contributed by atoms with Gasteiger partial charge in [0.25, 0.3) is 5.91 Å². The minimum Gasteiger partial charge on any atom is -0.322 e. The maximum absolute atomic E-state index is 13.3. The van der Waals surface area contributed by atoms with Crippen LogP contribution >= 0.6 is 0 Å². The smallest absolute Gasteiger partial charge is 0.256 e. The predicted molar refractivity (Wildman–Crippen MR) is 110 cm³/mol. The number of nitrogens with zero attached hydrogens (tertiary/aromatic N) is 2. The summed E-state index contributed by atoms with van der Waals surface area (Å²) in [4.78, 5) is 20.5. The molecule has 1 aromatic heterocycles. The summed E-state index contributed by atoms with van der Waals surface area (Å²) < 4.78 is 0. The molecule has 27 heavy (non-hydrogen) atoms. The van der Waals surface area contributed by atoms with Gasteiger partial charge in [0.15, 0.2) is 0 Å². The molecule has 3 aromatic rings. The van der Waals surface area contributed by atoms with Gasteiger partial charge in [-0.25, -0.2) is 0 Å². The Labute approximate surface area is 160 Å². The van der Waals surface area contributed by atoms with Gasteiger partial charge in [0.2, 0.25) is 0 Å². The van der Waals surface area contributed by atoms with E-state index in [0.29, 0.717) is 0 Å². The molecule has 4 rings (SSSR count). The molecule has 138 valence electrons. The molecular weight excluding hydrogens is 334 g/mol. The fourth-order valence-electron chi connectivity index (χ4n) is 3.79. The summed E-state index contributed by atoms with van der Waals surface area (Å²) in [7, 11) is 0. The third-order valence-electron chi connectivity index (χ3n) is 5.42. The zero-order chi connectivity index (χ0) is 18.8. The molecule has 0 saturated carbocycles. The van der Waals surface area contributed by atoms with Gasteiger partial charge in [0, 0.05) is 41.8 Å². The van der Waals surface area contributed by atoms with E-state index in [-0.39, 0.29) is 5.91 Å². The van der Waals surface area contributed by atoms with Gasteiger partial charge in [0.05, 0.1) is 11.1 Å². The summed E-state index contributed by atoms with van der Waals surface area (Å²) in [6, 6.07) is 16.0. The van der Waals surface area contributed by atoms with Crippen molar-refractivity contribution in [3.8, 4) is 0 Å². The van der Waals surface area contributed by atoms with Crippen molar-refractivity contribution in [2.24, 2.45) is 0 Å². The zero-order valence-corrected chi connectivity index (χ0v) is 16.0. The monoisotopic (exact) mass is 359 g/mol. The average Bonchev–Trinajstić information content (AvgIpc) is 2.72. The second-order valence-corrected chi connectivity index (χ2v) is 7.05. The van der Waals surface area contributed by atoms with Crippen LogP contribution in [-0.2, 0) is 19.4 Å². The van der Waals surface area contributed by atoms with Crippen LogP contribution in [0, 0.1) is 0 Å². The molecule has 1 N–H and O–H groups in total. The average molecular weight is 359 g/mol. The number of likely N-dealkylation sites (N-methyl/N-ethyl adjacent to an activating group) is 1. The Morgan fingerprint density at radius 2 is 1.89 bits per heavy atom. The van der Waals surface area contributed by atoms with E-state index in [1.54, 1.807) is 0 Å². The number of anilines is 1. The van der Waals surface area contributed by atoms with Gasteiger partial charge >= 0.3 is 0 Å². The fourth-order valence-corrected chi connectivity index (χ4v) is 3.79. The van der Waals surface area contributed by atoms with Crippen LogP contribution < -0.4 is 5.32 Å². The van der Waals surface area contributed by atoms with Crippen LogP contribution in [0.25, 0.3) is 10.9 Å². The van der Waals surface area contributed by atoms with E-state index in [9.17, 15) is 4.79 Å². The first kappa shape index (κ1) is 17.7. The molecule has 0 saturated heterocycles. The Balaban J connectivity index is 1.77. The van der Waals surface area contributed by atoms with Crippen LogP contribution in [0.3, 0.4) is 0 Å². The van der Waals surface area contributed by atoms with Gasteiger partial charge in [0.1, 0.15) is 0 Å². The molecule has 0 spiro atoms. The van der Waals surface area contributed by atoms with Gasteiger partial charge in [-0.15, -0.1) is 0 Å². The van der Waals surface area contributed by atoms with Crippen molar-refractivity contribution in [1.82, 2.24) is 9.88 Å². The van der Waals surface area contributed by atoms with Crippen molar-refractivity contribution in [3.63, 3.8) is 0 Å². The molecule has 0 unspecified atom stereocenters. The summed E-state index contributed by atoms with van der Waals surface area (Å²) in [5, 5.41) is 4.03. The first-order valence-corrected chi connectivity index (χ1v) is 9.72. The topological polar surface area (TPSA) is 45.2 Å². The summed E-state index contributed by atoms with van der Waals surface area (Å²) in [6.07, 6.45) is 1.88. The molecule has 2 aromatic carbocycles. The quantitative estimate of drug-likeness (QED) is 0.750. The molecule has 1 amide bonds. The maximum atomic E-state index is 13.3. The lowest BCUT2D eigenvalue weighted by atomic mass is 9.95. The van der Waals surface area contributed by atoms with E-state index in [1.165, 1.54) is 5.56 Å². The highest BCUT2D eigenvalue weighted by Gasteiger charge is 2.25. The molecule has 0 aliphatic carbocycles. The number of benzene rings is 2. The molecule has 1 aliphatic heterocycles. The normalized spacial score (nSPS) is 14.1. The summed E-state index contributed by atoms with van der Waals surface area (Å²) >= 11 is 0. The highest BCUT2D eigenvalue weighted by atomic mass is 16.1. The van der Waals surface area contributed by atoms with Crippen molar-refractivity contribution in [1.29, 1.82) is 0 Å². The molecule has 0 radical (unpaired) electrons. The summed E-state index contributed by atoms with van der Waals surface area (Å²) in [5.41, 5.74) is 5.89. The first-order valence-electron chi connectivity index (χ1n) is 9.72. The molecule has 4 nitrogen and oxygen atoms in total. The van der Waals surface area contributed by atoms with E-state index in [2.05, 4.69) is 36.2 Å². The van der Waals surface area contributed by atoms with Crippen LogP contribution in [0.5, 0.6) is 0 Å². The number of hydrogen-bond donors (Lipinski definition) is 1. The van der Waals surface area contributed by atoms with Crippen LogP contribution in [0.1, 0.15) is 41.0 Å². The van der Waals surface area contributed by atoms with Gasteiger partial charge in [-0.2, -0.15) is 0 Å². The number of fused-ring (bicyclic) bond motifs is 2. The van der Waals surface area contributed by atoms with Gasteiger partial charge < -0.3 is 5.32 Å². The lowest BCUT2D eigenvalue weighted by molar-refractivity contribution is 0.102. The maximum Gasteiger partial charge on any atom is 0.256 e. The van der Waals surface area contributed by atoms with Gasteiger partial charge in [-0.3, -0.25) is 14.7 Å². The van der Waals surface area contributed by atoms with Crippen molar-refractivity contribution >= 4 is 22.5 Å². The number of nitrogens with one attached hydrogen (secondary N) is 1. The van der Waals surface area contributed by atoms with Crippen LogP contribution in [0.4, 0.5) is 5.69 Å². The Kier molecular flexibility index (Phi) is 4.90. The molecular formula is C23H25N3O. The minimum atomic E-state index is -0.0490. The number of rotatable bonds is 4. The van der Waals surface area contributed by atoms with Crippen molar-refractivity contribution in [2.45, 2.75) is 33.2 Å². The van der Waals surface area contributed by atoms with Crippen molar-refractivity contribution in [3.05, 3.63) is 70.9 Å². The predicted octanol–water partition coefficient (Wildman–Crippen LogP) is 4.43. The minimum absolute atomic E-state index is 0.0490.